The van der Waals surface area contributed by atoms with Crippen LogP contribution in [-0.4, -0.2) is 13.4 Å². The van der Waals surface area contributed by atoms with Crippen molar-refractivity contribution in [2.24, 2.45) is 5.14 Å². The molecule has 0 atom stereocenters. The molecule has 0 spiro atoms. The maximum Gasteiger partial charge on any atom is 0.267 e. The van der Waals surface area contributed by atoms with Gasteiger partial charge in [-0.2, -0.15) is 0 Å². The molecule has 84 valence electrons. The number of nitrogens with two attached hydrogens (primary N) is 1. The Kier molecular flexibility index (Phi) is 4.01. The highest BCUT2D eigenvalue weighted by Crippen LogP contribution is 2.33. The second-order valence-electron chi connectivity index (χ2n) is 2.49. The molecule has 2 N–H and O–H groups in total. The minimum absolute atomic E-state index is 0.0635. The lowest BCUT2D eigenvalue weighted by atomic mass is 10.3. The molecular weight excluding hydrogens is 409 g/mol. The van der Waals surface area contributed by atoms with Gasteiger partial charge in [-0.1, -0.05) is 0 Å². The van der Waals surface area contributed by atoms with Crippen LogP contribution in [0.1, 0.15) is 12.0 Å². The van der Waals surface area contributed by atoms with E-state index in [2.05, 4.69) is 20.9 Å². The molecule has 0 aliphatic carbocycles. The van der Waals surface area contributed by atoms with Crippen LogP contribution in [0.2, 0.25) is 0 Å². The third-order valence-electron chi connectivity index (χ3n) is 1.48. The van der Waals surface area contributed by atoms with Crippen LogP contribution in [0.4, 0.5) is 8.78 Å². The molecule has 1 rings (SSSR count). The molecule has 9 heteroatoms. The first-order valence-electron chi connectivity index (χ1n) is 3.40. The second-order valence-corrected chi connectivity index (χ2v) is 5.90. The third-order valence-corrected chi connectivity index (χ3v) is 4.30. The van der Waals surface area contributed by atoms with Crippen LogP contribution in [-0.2, 0) is 10.0 Å². The molecular formula is C6H4BrF2IN2O2S. The monoisotopic (exact) mass is 412 g/mol. The summed E-state index contributed by atoms with van der Waals surface area (Å²) in [7, 11) is -4.19. The van der Waals surface area contributed by atoms with Crippen molar-refractivity contribution in [1.82, 2.24) is 4.98 Å². The van der Waals surface area contributed by atoms with E-state index in [9.17, 15) is 17.2 Å². The van der Waals surface area contributed by atoms with Gasteiger partial charge in [0.1, 0.15) is 9.50 Å². The van der Waals surface area contributed by atoms with Crippen LogP contribution >= 0.6 is 38.5 Å². The van der Waals surface area contributed by atoms with Gasteiger partial charge < -0.3 is 0 Å². The number of rotatable bonds is 2. The van der Waals surface area contributed by atoms with Gasteiger partial charge in [-0.05, 0) is 38.5 Å². The van der Waals surface area contributed by atoms with E-state index in [1.807, 2.05) is 0 Å². The Balaban J connectivity index is 3.68. The first-order chi connectivity index (χ1) is 6.75. The summed E-state index contributed by atoms with van der Waals surface area (Å²) in [5, 5.41) is 4.85. The van der Waals surface area contributed by atoms with Gasteiger partial charge in [0, 0.05) is 6.20 Å². The molecule has 15 heavy (non-hydrogen) atoms. The van der Waals surface area contributed by atoms with E-state index in [1.165, 1.54) is 0 Å². The van der Waals surface area contributed by atoms with Gasteiger partial charge in [0.05, 0.1) is 9.13 Å². The summed E-state index contributed by atoms with van der Waals surface area (Å²) in [6, 6.07) is 0. The molecule has 1 aromatic heterocycles. The summed E-state index contributed by atoms with van der Waals surface area (Å²) in [5.41, 5.74) is -0.704. The van der Waals surface area contributed by atoms with Crippen LogP contribution in [0.3, 0.4) is 0 Å². The standard InChI is InChI=1S/C6H4BrF2IN2O2S/c7-5-3(6(8)9)4(15(11,13)14)2(10)1-12-5/h1,6H,(H2,11,13,14). The largest absolute Gasteiger partial charge is 0.267 e. The second kappa shape index (κ2) is 4.55. The summed E-state index contributed by atoms with van der Waals surface area (Å²) in [6.07, 6.45) is -1.81. The Morgan fingerprint density at radius 2 is 2.07 bits per heavy atom. The number of alkyl halides is 2. The normalized spacial score (nSPS) is 12.1. The lowest BCUT2D eigenvalue weighted by Gasteiger charge is -2.09. The highest BCUT2D eigenvalue weighted by atomic mass is 127. The predicted molar refractivity (Wildman–Crippen MR) is 61.0 cm³/mol. The van der Waals surface area contributed by atoms with E-state index in [4.69, 9.17) is 5.14 Å². The number of aromatic nitrogens is 1. The van der Waals surface area contributed by atoms with Crippen LogP contribution in [0.15, 0.2) is 15.7 Å². The van der Waals surface area contributed by atoms with Gasteiger partial charge in [0.25, 0.3) is 6.43 Å². The molecule has 0 radical (unpaired) electrons. The van der Waals surface area contributed by atoms with Gasteiger partial charge in [-0.3, -0.25) is 0 Å². The third kappa shape index (κ3) is 2.82. The van der Waals surface area contributed by atoms with E-state index < -0.39 is 26.9 Å². The van der Waals surface area contributed by atoms with Crippen LogP contribution in [0.5, 0.6) is 0 Å². The lowest BCUT2D eigenvalue weighted by molar-refractivity contribution is 0.146. The Labute approximate surface area is 107 Å². The van der Waals surface area contributed by atoms with E-state index in [-0.39, 0.29) is 8.17 Å². The highest BCUT2D eigenvalue weighted by molar-refractivity contribution is 14.1. The van der Waals surface area contributed by atoms with Crippen LogP contribution in [0, 0.1) is 3.57 Å². The van der Waals surface area contributed by atoms with Crippen molar-refractivity contribution in [3.63, 3.8) is 0 Å². The lowest BCUT2D eigenvalue weighted by Crippen LogP contribution is -2.17. The molecule has 0 aliphatic rings. The predicted octanol–water partition coefficient (Wildman–Crippen LogP) is 2.03. The number of hydrogen-bond donors (Lipinski definition) is 1. The van der Waals surface area contributed by atoms with Crippen LogP contribution < -0.4 is 5.14 Å². The average molecular weight is 413 g/mol. The SMILES string of the molecule is NS(=O)(=O)c1c(I)cnc(Br)c1C(F)F. The number of halogens is 4. The summed E-state index contributed by atoms with van der Waals surface area (Å²) < 4.78 is 47.3. The molecule has 0 amide bonds. The first-order valence-corrected chi connectivity index (χ1v) is 6.81. The zero-order chi connectivity index (χ0) is 11.8. The number of hydrogen-bond acceptors (Lipinski definition) is 3. The Morgan fingerprint density at radius 1 is 1.53 bits per heavy atom. The Morgan fingerprint density at radius 3 is 2.40 bits per heavy atom. The van der Waals surface area contributed by atoms with Crippen molar-refractivity contribution >= 4 is 48.5 Å². The average Bonchev–Trinajstić information content (AvgIpc) is 2.05. The van der Waals surface area contributed by atoms with Crippen LogP contribution in [0.25, 0.3) is 0 Å². The van der Waals surface area contributed by atoms with E-state index >= 15 is 0 Å². The van der Waals surface area contributed by atoms with Crippen molar-refractivity contribution in [2.45, 2.75) is 11.3 Å². The number of sulfonamides is 1. The number of primary sulfonamides is 1. The van der Waals surface area contributed by atoms with E-state index in [0.717, 1.165) is 6.20 Å². The molecule has 1 heterocycles. The molecule has 4 nitrogen and oxygen atoms in total. The zero-order valence-electron chi connectivity index (χ0n) is 6.92. The minimum Gasteiger partial charge on any atom is -0.248 e. The fourth-order valence-electron chi connectivity index (χ4n) is 0.942. The van der Waals surface area contributed by atoms with Gasteiger partial charge in [0.15, 0.2) is 0 Å². The molecule has 0 bridgehead atoms. The van der Waals surface area contributed by atoms with Gasteiger partial charge in [0.2, 0.25) is 10.0 Å². The Bertz CT molecular complexity index is 494. The number of nitrogens with zero attached hydrogens (tertiary/aromatic N) is 1. The summed E-state index contributed by atoms with van der Waals surface area (Å²) >= 11 is 4.35. The van der Waals surface area contributed by atoms with Crippen molar-refractivity contribution < 1.29 is 17.2 Å². The quantitative estimate of drug-likeness (QED) is 0.596. The molecule has 0 aliphatic heterocycles. The molecule has 0 fully saturated rings. The van der Waals surface area contributed by atoms with Gasteiger partial charge in [-0.25, -0.2) is 27.3 Å². The molecule has 1 aromatic rings. The van der Waals surface area contributed by atoms with Crippen molar-refractivity contribution in [2.75, 3.05) is 0 Å². The molecule has 0 unspecified atom stereocenters. The smallest absolute Gasteiger partial charge is 0.248 e. The fourth-order valence-corrected chi connectivity index (χ4v) is 3.71. The fraction of sp³-hybridized carbons (Fsp3) is 0.167. The van der Waals surface area contributed by atoms with Crippen molar-refractivity contribution in [3.05, 3.63) is 19.9 Å². The van der Waals surface area contributed by atoms with E-state index in [1.54, 1.807) is 22.6 Å². The first kappa shape index (κ1) is 13.2. The summed E-state index contributed by atoms with van der Waals surface area (Å²) in [6.45, 7) is 0. The van der Waals surface area contributed by atoms with E-state index in [0.29, 0.717) is 0 Å². The van der Waals surface area contributed by atoms with Gasteiger partial charge in [-0.15, -0.1) is 0 Å². The molecule has 0 saturated carbocycles. The molecule has 0 aromatic carbocycles. The van der Waals surface area contributed by atoms with Gasteiger partial charge >= 0.3 is 0 Å². The molecule has 0 saturated heterocycles. The number of pyridine rings is 1. The highest BCUT2D eigenvalue weighted by Gasteiger charge is 2.27. The maximum absolute atomic E-state index is 12.6. The summed E-state index contributed by atoms with van der Waals surface area (Å²) in [4.78, 5) is 3.00. The zero-order valence-corrected chi connectivity index (χ0v) is 11.5. The Hall–Kier alpha value is 0.130. The van der Waals surface area contributed by atoms with Crippen molar-refractivity contribution in [3.8, 4) is 0 Å². The minimum atomic E-state index is -4.19. The summed E-state index contributed by atoms with van der Waals surface area (Å²) in [5.74, 6) is 0. The maximum atomic E-state index is 12.6. The van der Waals surface area contributed by atoms with Crippen molar-refractivity contribution in [1.29, 1.82) is 0 Å². The topological polar surface area (TPSA) is 73.1 Å².